The van der Waals surface area contributed by atoms with Crippen LogP contribution in [0.2, 0.25) is 0 Å². The van der Waals surface area contributed by atoms with E-state index in [1.165, 1.54) is 0 Å². The Morgan fingerprint density at radius 2 is 2.00 bits per heavy atom. The van der Waals surface area contributed by atoms with Crippen LogP contribution in [0.1, 0.15) is 5.56 Å². The molecule has 2 N–H and O–H groups in total. The number of methoxy groups -OCH3 is 1. The number of anilines is 1. The van der Waals surface area contributed by atoms with Crippen molar-refractivity contribution in [2.24, 2.45) is 0 Å². The molecule has 0 bridgehead atoms. The molecule has 4 nitrogen and oxygen atoms in total. The summed E-state index contributed by atoms with van der Waals surface area (Å²) in [5, 5.41) is 2.39. The van der Waals surface area contributed by atoms with Crippen LogP contribution in [0, 0.1) is 11.6 Å². The van der Waals surface area contributed by atoms with Gasteiger partial charge in [0.1, 0.15) is 23.9 Å². The van der Waals surface area contributed by atoms with Crippen molar-refractivity contribution in [3.63, 3.8) is 0 Å². The molecule has 0 radical (unpaired) electrons. The van der Waals surface area contributed by atoms with E-state index < -0.39 is 11.6 Å². The molecule has 0 spiro atoms. The third-order valence-electron chi connectivity index (χ3n) is 3.30. The molecule has 0 saturated heterocycles. The molecule has 122 valence electrons. The van der Waals surface area contributed by atoms with Gasteiger partial charge in [-0.2, -0.15) is 0 Å². The number of ether oxygens (including phenoxy) is 1. The summed E-state index contributed by atoms with van der Waals surface area (Å²) in [5.74, 6) is -0.888. The number of halogens is 2. The van der Waals surface area contributed by atoms with Gasteiger partial charge in [0.15, 0.2) is 6.54 Å². The van der Waals surface area contributed by atoms with Gasteiger partial charge in [-0.1, -0.05) is 12.1 Å². The third-order valence-corrected chi connectivity index (χ3v) is 3.30. The number of quaternary nitrogens is 1. The lowest BCUT2D eigenvalue weighted by Crippen LogP contribution is -3.08. The summed E-state index contributed by atoms with van der Waals surface area (Å²) < 4.78 is 31.7. The van der Waals surface area contributed by atoms with E-state index in [9.17, 15) is 13.6 Å². The van der Waals surface area contributed by atoms with Gasteiger partial charge in [0.05, 0.1) is 19.8 Å². The van der Waals surface area contributed by atoms with Gasteiger partial charge < -0.3 is 15.0 Å². The number of carbonyl (C=O) groups excluding carboxylic acids is 1. The first-order chi connectivity index (χ1) is 11.0. The Kier molecular flexibility index (Phi) is 5.65. The molecular formula is C17H19F2N2O2+. The van der Waals surface area contributed by atoms with Crippen LogP contribution < -0.4 is 15.0 Å². The van der Waals surface area contributed by atoms with E-state index in [-0.39, 0.29) is 18.1 Å². The van der Waals surface area contributed by atoms with Crippen LogP contribution in [0.4, 0.5) is 14.5 Å². The molecule has 0 aliphatic carbocycles. The zero-order valence-corrected chi connectivity index (χ0v) is 13.0. The molecule has 1 atom stereocenters. The highest BCUT2D eigenvalue weighted by Crippen LogP contribution is 2.15. The van der Waals surface area contributed by atoms with E-state index in [4.69, 9.17) is 4.74 Å². The highest BCUT2D eigenvalue weighted by molar-refractivity contribution is 5.91. The molecule has 2 aromatic rings. The molecule has 1 unspecified atom stereocenters. The Balaban J connectivity index is 1.92. The maximum atomic E-state index is 13.5. The third kappa shape index (κ3) is 5.03. The largest absolute Gasteiger partial charge is 0.497 e. The van der Waals surface area contributed by atoms with Crippen LogP contribution in [0.5, 0.6) is 5.75 Å². The monoisotopic (exact) mass is 321 g/mol. The molecule has 6 heteroatoms. The van der Waals surface area contributed by atoms with Crippen LogP contribution in [0.3, 0.4) is 0 Å². The minimum absolute atomic E-state index is 0.132. The smallest absolute Gasteiger partial charge is 0.279 e. The van der Waals surface area contributed by atoms with Gasteiger partial charge in [-0.3, -0.25) is 4.79 Å². The van der Waals surface area contributed by atoms with Gasteiger partial charge in [0, 0.05) is 11.6 Å². The minimum Gasteiger partial charge on any atom is -0.497 e. The summed E-state index contributed by atoms with van der Waals surface area (Å²) in [4.78, 5) is 12.9. The van der Waals surface area contributed by atoms with Crippen LogP contribution in [0.15, 0.2) is 42.5 Å². The quantitative estimate of drug-likeness (QED) is 0.849. The van der Waals surface area contributed by atoms with Crippen molar-refractivity contribution in [2.45, 2.75) is 6.54 Å². The number of benzene rings is 2. The number of rotatable bonds is 6. The van der Waals surface area contributed by atoms with Crippen molar-refractivity contribution in [3.05, 3.63) is 59.7 Å². The maximum absolute atomic E-state index is 13.5. The van der Waals surface area contributed by atoms with Crippen LogP contribution in [-0.2, 0) is 11.3 Å². The topological polar surface area (TPSA) is 42.8 Å². The summed E-state index contributed by atoms with van der Waals surface area (Å²) in [6.45, 7) is 0.740. The second-order valence-electron chi connectivity index (χ2n) is 5.33. The summed E-state index contributed by atoms with van der Waals surface area (Å²) >= 11 is 0. The summed E-state index contributed by atoms with van der Waals surface area (Å²) in [5.41, 5.74) is 0.871. The van der Waals surface area contributed by atoms with Gasteiger partial charge in [0.2, 0.25) is 0 Å². The zero-order valence-electron chi connectivity index (χ0n) is 13.0. The van der Waals surface area contributed by atoms with Gasteiger partial charge in [-0.25, -0.2) is 8.78 Å². The van der Waals surface area contributed by atoms with E-state index in [0.29, 0.717) is 6.54 Å². The highest BCUT2D eigenvalue weighted by atomic mass is 19.1. The molecule has 2 aromatic carbocycles. The van der Waals surface area contributed by atoms with E-state index in [1.807, 2.05) is 31.3 Å². The van der Waals surface area contributed by atoms with E-state index in [2.05, 4.69) is 5.32 Å². The maximum Gasteiger partial charge on any atom is 0.279 e. The minimum atomic E-state index is -0.662. The molecule has 0 aliphatic heterocycles. The zero-order chi connectivity index (χ0) is 16.8. The summed E-state index contributed by atoms with van der Waals surface area (Å²) in [7, 11) is 3.44. The first kappa shape index (κ1) is 16.9. The molecule has 0 heterocycles. The van der Waals surface area contributed by atoms with E-state index in [0.717, 1.165) is 34.4 Å². The van der Waals surface area contributed by atoms with E-state index >= 15 is 0 Å². The predicted molar refractivity (Wildman–Crippen MR) is 83.4 cm³/mol. The Labute approximate surface area is 133 Å². The first-order valence-corrected chi connectivity index (χ1v) is 7.17. The molecular weight excluding hydrogens is 302 g/mol. The van der Waals surface area contributed by atoms with Crippen molar-refractivity contribution in [2.75, 3.05) is 26.0 Å². The SMILES string of the molecule is COc1cccc(C[NH+](C)CC(=O)Nc2cc(F)ccc2F)c1. The van der Waals surface area contributed by atoms with Crippen LogP contribution in [-0.4, -0.2) is 26.6 Å². The van der Waals surface area contributed by atoms with Gasteiger partial charge in [-0.05, 0) is 24.3 Å². The fraction of sp³-hybridized carbons (Fsp3) is 0.235. The predicted octanol–water partition coefficient (Wildman–Crippen LogP) is 1.63. The van der Waals surface area contributed by atoms with Crippen LogP contribution in [0.25, 0.3) is 0 Å². The highest BCUT2D eigenvalue weighted by Gasteiger charge is 2.13. The van der Waals surface area contributed by atoms with Gasteiger partial charge in [-0.15, -0.1) is 0 Å². The molecule has 0 fully saturated rings. The Morgan fingerprint density at radius 1 is 1.22 bits per heavy atom. The average molecular weight is 321 g/mol. The second-order valence-corrected chi connectivity index (χ2v) is 5.33. The Bertz CT molecular complexity index is 692. The number of hydrogen-bond acceptors (Lipinski definition) is 2. The van der Waals surface area contributed by atoms with Gasteiger partial charge in [0.25, 0.3) is 5.91 Å². The van der Waals surface area contributed by atoms with Crippen molar-refractivity contribution in [1.82, 2.24) is 0 Å². The number of carbonyl (C=O) groups is 1. The molecule has 2 rings (SSSR count). The normalized spacial score (nSPS) is 11.8. The standard InChI is InChI=1S/C17H18F2N2O2/c1-21(10-12-4-3-5-14(8-12)23-2)11-17(22)20-16-9-13(18)6-7-15(16)19/h3-9H,10-11H2,1-2H3,(H,20,22)/p+1. The lowest BCUT2D eigenvalue weighted by Gasteiger charge is -2.14. The summed E-state index contributed by atoms with van der Waals surface area (Å²) in [6, 6.07) is 10.5. The van der Waals surface area contributed by atoms with Crippen molar-refractivity contribution in [3.8, 4) is 5.75 Å². The molecule has 0 aliphatic rings. The Hall–Kier alpha value is -2.47. The number of nitrogens with one attached hydrogen (secondary N) is 2. The van der Waals surface area contributed by atoms with Gasteiger partial charge >= 0.3 is 0 Å². The van der Waals surface area contributed by atoms with Crippen LogP contribution >= 0.6 is 0 Å². The average Bonchev–Trinajstić information content (AvgIpc) is 2.50. The van der Waals surface area contributed by atoms with Crippen molar-refractivity contribution in [1.29, 1.82) is 0 Å². The lowest BCUT2D eigenvalue weighted by atomic mass is 10.2. The fourth-order valence-corrected chi connectivity index (χ4v) is 2.26. The second kappa shape index (κ2) is 7.69. The fourth-order valence-electron chi connectivity index (χ4n) is 2.26. The molecule has 0 aromatic heterocycles. The van der Waals surface area contributed by atoms with E-state index in [1.54, 1.807) is 7.11 Å². The molecule has 23 heavy (non-hydrogen) atoms. The number of amides is 1. The summed E-state index contributed by atoms with van der Waals surface area (Å²) in [6.07, 6.45) is 0. The lowest BCUT2D eigenvalue weighted by molar-refractivity contribution is -0.885. The number of hydrogen-bond donors (Lipinski definition) is 2. The van der Waals surface area contributed by atoms with Crippen molar-refractivity contribution < 1.29 is 23.2 Å². The first-order valence-electron chi connectivity index (χ1n) is 7.17. The number of likely N-dealkylation sites (N-methyl/N-ethyl adjacent to an activating group) is 1. The molecule has 1 amide bonds. The molecule has 0 saturated carbocycles. The van der Waals surface area contributed by atoms with Crippen molar-refractivity contribution >= 4 is 11.6 Å². The Morgan fingerprint density at radius 3 is 2.74 bits per heavy atom.